The highest BCUT2D eigenvalue weighted by Gasteiger charge is 2.27. The quantitative estimate of drug-likeness (QED) is 0.673. The Morgan fingerprint density at radius 1 is 1.50 bits per heavy atom. The molecule has 1 aliphatic carbocycles. The molecule has 3 heteroatoms. The van der Waals surface area contributed by atoms with E-state index in [-0.39, 0.29) is 0 Å². The second-order valence-corrected chi connectivity index (χ2v) is 4.96. The summed E-state index contributed by atoms with van der Waals surface area (Å²) < 4.78 is 1.90. The van der Waals surface area contributed by atoms with E-state index in [0.29, 0.717) is 5.92 Å². The lowest BCUT2D eigenvalue weighted by Crippen LogP contribution is -2.29. The van der Waals surface area contributed by atoms with Gasteiger partial charge < -0.3 is 9.67 Å². The molecule has 86 valence electrons. The predicted molar refractivity (Wildman–Crippen MR) is 62.7 cm³/mol. The van der Waals surface area contributed by atoms with Crippen LogP contribution in [0.1, 0.15) is 38.3 Å². The molecule has 0 aliphatic heterocycles. The molecule has 2 rings (SSSR count). The maximum Gasteiger partial charge on any atom is 0.131 e. The minimum absolute atomic E-state index is 0.419. The van der Waals surface area contributed by atoms with E-state index in [9.17, 15) is 5.11 Å². The molecule has 1 saturated carbocycles. The van der Waals surface area contributed by atoms with Crippen LogP contribution in [0.5, 0.6) is 0 Å². The molecule has 0 aromatic carbocycles. The normalized spacial score (nSPS) is 29.6. The monoisotopic (exact) mass is 218 g/mol. The number of hydrogen-bond acceptors (Lipinski definition) is 2. The third kappa shape index (κ3) is 2.86. The first-order valence-electron chi connectivity index (χ1n) is 5.77. The largest absolute Gasteiger partial charge is 0.390 e. The molecule has 0 amide bonds. The standard InChI is InChI=1S/C13H18N2O/c1-13(16)7-5-11(6-8-13)3-4-12-9-15(2)10-14-12/h9-11,16H,5-8H2,1-2H3. The predicted octanol–water partition coefficient (Wildman–Crippen LogP) is 1.71. The van der Waals surface area contributed by atoms with Crippen molar-refractivity contribution in [2.75, 3.05) is 0 Å². The SMILES string of the molecule is Cn1cnc(C#CC2CCC(C)(O)CC2)c1. The van der Waals surface area contributed by atoms with Crippen molar-refractivity contribution in [3.8, 4) is 11.8 Å². The Balaban J connectivity index is 1.94. The van der Waals surface area contributed by atoms with Gasteiger partial charge in [-0.05, 0) is 38.5 Å². The fourth-order valence-electron chi connectivity index (χ4n) is 2.04. The van der Waals surface area contributed by atoms with E-state index >= 15 is 0 Å². The van der Waals surface area contributed by atoms with Gasteiger partial charge in [0.15, 0.2) is 0 Å². The van der Waals surface area contributed by atoms with Gasteiger partial charge in [0.2, 0.25) is 0 Å². The molecule has 0 radical (unpaired) electrons. The summed E-state index contributed by atoms with van der Waals surface area (Å²) in [4.78, 5) is 4.17. The van der Waals surface area contributed by atoms with E-state index in [1.165, 1.54) is 0 Å². The van der Waals surface area contributed by atoms with E-state index in [1.54, 1.807) is 6.33 Å². The molecule has 1 aromatic rings. The highest BCUT2D eigenvalue weighted by atomic mass is 16.3. The van der Waals surface area contributed by atoms with Gasteiger partial charge in [0, 0.05) is 19.2 Å². The van der Waals surface area contributed by atoms with Gasteiger partial charge in [0.1, 0.15) is 5.69 Å². The number of hydrogen-bond donors (Lipinski definition) is 1. The summed E-state index contributed by atoms with van der Waals surface area (Å²) in [6.45, 7) is 1.91. The van der Waals surface area contributed by atoms with Gasteiger partial charge in [-0.15, -0.1) is 0 Å². The summed E-state index contributed by atoms with van der Waals surface area (Å²) in [5.74, 6) is 6.77. The molecule has 1 heterocycles. The summed E-state index contributed by atoms with van der Waals surface area (Å²) in [5.41, 5.74) is 0.364. The van der Waals surface area contributed by atoms with Crippen LogP contribution in [0.15, 0.2) is 12.5 Å². The minimum Gasteiger partial charge on any atom is -0.390 e. The molecule has 16 heavy (non-hydrogen) atoms. The lowest BCUT2D eigenvalue weighted by molar-refractivity contribution is 0.0148. The second kappa shape index (κ2) is 4.31. The van der Waals surface area contributed by atoms with Crippen molar-refractivity contribution in [3.63, 3.8) is 0 Å². The topological polar surface area (TPSA) is 38.0 Å². The minimum atomic E-state index is -0.469. The lowest BCUT2D eigenvalue weighted by Gasteiger charge is -2.30. The number of aromatic nitrogens is 2. The molecule has 0 bridgehead atoms. The van der Waals surface area contributed by atoms with Gasteiger partial charge in [-0.2, -0.15) is 0 Å². The number of imidazole rings is 1. The number of rotatable bonds is 0. The van der Waals surface area contributed by atoms with E-state index in [1.807, 2.05) is 24.7 Å². The van der Waals surface area contributed by atoms with Gasteiger partial charge >= 0.3 is 0 Å². The van der Waals surface area contributed by atoms with Crippen molar-refractivity contribution in [2.45, 2.75) is 38.2 Å². The molecule has 1 aromatic heterocycles. The van der Waals surface area contributed by atoms with Gasteiger partial charge in [-0.25, -0.2) is 4.98 Å². The Morgan fingerprint density at radius 3 is 2.75 bits per heavy atom. The summed E-state index contributed by atoms with van der Waals surface area (Å²) in [6, 6.07) is 0. The molecular weight excluding hydrogens is 200 g/mol. The van der Waals surface area contributed by atoms with E-state index in [0.717, 1.165) is 31.4 Å². The van der Waals surface area contributed by atoms with Crippen molar-refractivity contribution in [3.05, 3.63) is 18.2 Å². The Kier molecular flexibility index (Phi) is 3.02. The van der Waals surface area contributed by atoms with Crippen LogP contribution in [-0.2, 0) is 7.05 Å². The maximum atomic E-state index is 9.82. The maximum absolute atomic E-state index is 9.82. The smallest absolute Gasteiger partial charge is 0.131 e. The molecule has 0 saturated heterocycles. The zero-order chi connectivity index (χ0) is 11.6. The van der Waals surface area contributed by atoms with Gasteiger partial charge in [0.05, 0.1) is 11.9 Å². The van der Waals surface area contributed by atoms with Crippen LogP contribution in [0.4, 0.5) is 0 Å². The molecule has 3 nitrogen and oxygen atoms in total. The van der Waals surface area contributed by atoms with Crippen LogP contribution in [0.3, 0.4) is 0 Å². The highest BCUT2D eigenvalue weighted by molar-refractivity contribution is 5.26. The van der Waals surface area contributed by atoms with Crippen LogP contribution in [-0.4, -0.2) is 20.3 Å². The van der Waals surface area contributed by atoms with Crippen molar-refractivity contribution in [2.24, 2.45) is 13.0 Å². The Hall–Kier alpha value is -1.27. The van der Waals surface area contributed by atoms with Crippen molar-refractivity contribution in [1.29, 1.82) is 0 Å². The zero-order valence-electron chi connectivity index (χ0n) is 9.90. The molecule has 1 aliphatic rings. The molecule has 0 atom stereocenters. The first-order chi connectivity index (χ1) is 7.55. The first-order valence-corrected chi connectivity index (χ1v) is 5.77. The fraction of sp³-hybridized carbons (Fsp3) is 0.615. The molecule has 0 spiro atoms. The van der Waals surface area contributed by atoms with Gasteiger partial charge in [0.25, 0.3) is 0 Å². The highest BCUT2D eigenvalue weighted by Crippen LogP contribution is 2.31. The fourth-order valence-corrected chi connectivity index (χ4v) is 2.04. The van der Waals surface area contributed by atoms with E-state index in [2.05, 4.69) is 16.8 Å². The summed E-state index contributed by atoms with van der Waals surface area (Å²) in [7, 11) is 1.94. The van der Waals surface area contributed by atoms with Crippen molar-refractivity contribution < 1.29 is 5.11 Å². The second-order valence-electron chi connectivity index (χ2n) is 4.96. The van der Waals surface area contributed by atoms with Gasteiger partial charge in [-0.3, -0.25) is 0 Å². The Bertz CT molecular complexity index is 413. The molecule has 0 unspecified atom stereocenters. The van der Waals surface area contributed by atoms with Crippen LogP contribution < -0.4 is 0 Å². The van der Waals surface area contributed by atoms with Crippen LogP contribution in [0.2, 0.25) is 0 Å². The number of aliphatic hydroxyl groups is 1. The van der Waals surface area contributed by atoms with E-state index in [4.69, 9.17) is 0 Å². The van der Waals surface area contributed by atoms with Crippen LogP contribution in [0.25, 0.3) is 0 Å². The average molecular weight is 218 g/mol. The Labute approximate surface area is 96.5 Å². The zero-order valence-corrected chi connectivity index (χ0v) is 9.90. The van der Waals surface area contributed by atoms with Crippen molar-refractivity contribution >= 4 is 0 Å². The first kappa shape index (κ1) is 11.2. The summed E-state index contributed by atoms with van der Waals surface area (Å²) in [5, 5.41) is 9.82. The third-order valence-corrected chi connectivity index (χ3v) is 3.17. The average Bonchev–Trinajstić information content (AvgIpc) is 2.63. The van der Waals surface area contributed by atoms with Crippen molar-refractivity contribution in [1.82, 2.24) is 9.55 Å². The van der Waals surface area contributed by atoms with Gasteiger partial charge in [-0.1, -0.05) is 5.92 Å². The third-order valence-electron chi connectivity index (χ3n) is 3.17. The molecule has 1 N–H and O–H groups in total. The number of nitrogens with zero attached hydrogens (tertiary/aromatic N) is 2. The van der Waals surface area contributed by atoms with E-state index < -0.39 is 5.60 Å². The van der Waals surface area contributed by atoms with Crippen LogP contribution in [0, 0.1) is 17.8 Å². The molecule has 1 fully saturated rings. The number of aryl methyl sites for hydroxylation is 1. The summed E-state index contributed by atoms with van der Waals surface area (Å²) >= 11 is 0. The lowest BCUT2D eigenvalue weighted by atomic mass is 9.80. The van der Waals surface area contributed by atoms with Crippen LogP contribution >= 0.6 is 0 Å². The Morgan fingerprint density at radius 2 is 2.19 bits per heavy atom. The summed E-state index contributed by atoms with van der Waals surface area (Å²) in [6.07, 6.45) is 7.38. The molecular formula is C13H18N2O.